The average Bonchev–Trinajstić information content (AvgIpc) is 2.62. The van der Waals surface area contributed by atoms with E-state index in [-0.39, 0.29) is 17.4 Å². The van der Waals surface area contributed by atoms with E-state index in [0.29, 0.717) is 5.75 Å². The molecule has 1 aromatic heterocycles. The highest BCUT2D eigenvalue weighted by Gasteiger charge is 2.09. The molecule has 1 heterocycles. The van der Waals surface area contributed by atoms with Gasteiger partial charge in [0.2, 0.25) is 0 Å². The van der Waals surface area contributed by atoms with Crippen molar-refractivity contribution in [1.29, 1.82) is 0 Å². The molecule has 1 N–H and O–H groups in total. The van der Waals surface area contributed by atoms with E-state index in [0.717, 1.165) is 11.3 Å². The molecule has 1 aromatic rings. The van der Waals surface area contributed by atoms with Gasteiger partial charge >= 0.3 is 5.97 Å². The van der Waals surface area contributed by atoms with E-state index < -0.39 is 5.97 Å². The summed E-state index contributed by atoms with van der Waals surface area (Å²) in [6.45, 7) is -0.0806. The number of ether oxygens (including phenoxy) is 1. The second-order valence-electron chi connectivity index (χ2n) is 3.03. The van der Waals surface area contributed by atoms with Gasteiger partial charge in [-0.25, -0.2) is 4.79 Å². The number of hydrogen-bond acceptors (Lipinski definition) is 4. The fraction of sp³-hybridized carbons (Fsp3) is 0.333. The summed E-state index contributed by atoms with van der Waals surface area (Å²) in [5, 5.41) is 10.2. The number of aromatic carboxylic acids is 1. The number of hydrogen-bond donors (Lipinski definition) is 1. The molecule has 0 atom stereocenters. The Morgan fingerprint density at radius 1 is 1.53 bits per heavy atom. The largest absolute Gasteiger partial charge is 0.483 e. The number of rotatable bonds is 4. The maximum absolute atomic E-state index is 11.1. The molecule has 0 unspecified atom stereocenters. The lowest BCUT2D eigenvalue weighted by Crippen LogP contribution is -2.27. The lowest BCUT2D eigenvalue weighted by Gasteiger charge is -2.09. The summed E-state index contributed by atoms with van der Waals surface area (Å²) in [6.07, 6.45) is 0. The maximum atomic E-state index is 11.1. The van der Waals surface area contributed by atoms with E-state index in [9.17, 15) is 9.59 Å². The summed E-state index contributed by atoms with van der Waals surface area (Å²) in [5.74, 6) is -0.750. The Balaban J connectivity index is 2.51. The van der Waals surface area contributed by atoms with Gasteiger partial charge in [0, 0.05) is 25.5 Å². The number of nitrogens with zero attached hydrogens (tertiary/aromatic N) is 1. The van der Waals surface area contributed by atoms with Crippen molar-refractivity contribution in [3.63, 3.8) is 0 Å². The first-order valence-corrected chi connectivity index (χ1v) is 5.03. The minimum atomic E-state index is -0.992. The Labute approximate surface area is 90.9 Å². The Morgan fingerprint density at radius 2 is 2.20 bits per heavy atom. The molecule has 0 spiro atoms. The highest BCUT2D eigenvalue weighted by molar-refractivity contribution is 7.12. The summed E-state index contributed by atoms with van der Waals surface area (Å²) < 4.78 is 5.12. The second kappa shape index (κ2) is 4.79. The van der Waals surface area contributed by atoms with Crippen LogP contribution in [-0.4, -0.2) is 42.6 Å². The molecular weight excluding hydrogens is 218 g/mol. The van der Waals surface area contributed by atoms with E-state index in [1.54, 1.807) is 19.5 Å². The quantitative estimate of drug-likeness (QED) is 0.833. The lowest BCUT2D eigenvalue weighted by atomic mass is 10.4. The molecule has 0 aromatic carbocycles. The minimum Gasteiger partial charge on any atom is -0.483 e. The number of likely N-dealkylation sites (N-methyl/N-ethyl adjacent to an activating group) is 1. The number of carbonyl (C=O) groups is 2. The summed E-state index contributed by atoms with van der Waals surface area (Å²) in [4.78, 5) is 23.3. The van der Waals surface area contributed by atoms with Crippen LogP contribution in [0.4, 0.5) is 0 Å². The SMILES string of the molecule is CN(C)C(=O)COc1csc(C(=O)O)c1. The van der Waals surface area contributed by atoms with Crippen LogP contribution in [0, 0.1) is 0 Å². The van der Waals surface area contributed by atoms with Crippen molar-refractivity contribution in [2.45, 2.75) is 0 Å². The average molecular weight is 229 g/mol. The summed E-state index contributed by atoms with van der Waals surface area (Å²) in [5.41, 5.74) is 0. The smallest absolute Gasteiger partial charge is 0.346 e. The van der Waals surface area contributed by atoms with Gasteiger partial charge in [-0.15, -0.1) is 11.3 Å². The van der Waals surface area contributed by atoms with Gasteiger partial charge in [0.1, 0.15) is 10.6 Å². The van der Waals surface area contributed by atoms with Crippen LogP contribution in [0.25, 0.3) is 0 Å². The molecular formula is C9H11NO4S. The second-order valence-corrected chi connectivity index (χ2v) is 3.94. The van der Waals surface area contributed by atoms with Gasteiger partial charge in [-0.1, -0.05) is 0 Å². The fourth-order valence-electron chi connectivity index (χ4n) is 0.781. The highest BCUT2D eigenvalue weighted by atomic mass is 32.1. The van der Waals surface area contributed by atoms with Crippen molar-refractivity contribution in [3.8, 4) is 5.75 Å². The third-order valence-electron chi connectivity index (χ3n) is 1.65. The van der Waals surface area contributed by atoms with Crippen LogP contribution >= 0.6 is 11.3 Å². The van der Waals surface area contributed by atoms with Gasteiger partial charge in [0.25, 0.3) is 5.91 Å². The monoisotopic (exact) mass is 229 g/mol. The molecule has 15 heavy (non-hydrogen) atoms. The van der Waals surface area contributed by atoms with Crippen LogP contribution in [0.1, 0.15) is 9.67 Å². The van der Waals surface area contributed by atoms with E-state index in [1.807, 2.05) is 0 Å². The molecule has 0 bridgehead atoms. The van der Waals surface area contributed by atoms with E-state index in [2.05, 4.69) is 0 Å². The highest BCUT2D eigenvalue weighted by Crippen LogP contribution is 2.21. The molecule has 0 fully saturated rings. The topological polar surface area (TPSA) is 66.8 Å². The third-order valence-corrected chi connectivity index (χ3v) is 2.54. The molecule has 1 rings (SSSR count). The van der Waals surface area contributed by atoms with Gasteiger partial charge in [0.15, 0.2) is 6.61 Å². The van der Waals surface area contributed by atoms with Gasteiger partial charge in [0.05, 0.1) is 0 Å². The first kappa shape index (κ1) is 11.5. The zero-order chi connectivity index (χ0) is 11.4. The summed E-state index contributed by atoms with van der Waals surface area (Å²) in [7, 11) is 3.25. The molecule has 0 saturated carbocycles. The Kier molecular flexibility index (Phi) is 3.68. The molecule has 0 radical (unpaired) electrons. The summed E-state index contributed by atoms with van der Waals surface area (Å²) >= 11 is 1.07. The summed E-state index contributed by atoms with van der Waals surface area (Å²) in [6, 6.07) is 1.40. The van der Waals surface area contributed by atoms with Gasteiger partial charge in [-0.2, -0.15) is 0 Å². The zero-order valence-electron chi connectivity index (χ0n) is 8.39. The molecule has 0 aliphatic rings. The Hall–Kier alpha value is -1.56. The standard InChI is InChI=1S/C9H11NO4S/c1-10(2)8(11)4-14-6-3-7(9(12)13)15-5-6/h3,5H,4H2,1-2H3,(H,12,13). The predicted molar refractivity (Wildman–Crippen MR) is 55.5 cm³/mol. The van der Waals surface area contributed by atoms with Crippen LogP contribution in [0.5, 0.6) is 5.75 Å². The number of carboxylic acids is 1. The number of carbonyl (C=O) groups excluding carboxylic acids is 1. The molecule has 82 valence electrons. The fourth-order valence-corrected chi connectivity index (χ4v) is 1.45. The molecule has 0 aliphatic carbocycles. The Bertz CT molecular complexity index is 372. The molecule has 6 heteroatoms. The lowest BCUT2D eigenvalue weighted by molar-refractivity contribution is -0.130. The molecule has 1 amide bonds. The first-order valence-electron chi connectivity index (χ1n) is 4.15. The van der Waals surface area contributed by atoms with E-state index >= 15 is 0 Å². The number of thiophene rings is 1. The van der Waals surface area contributed by atoms with Crippen LogP contribution in [-0.2, 0) is 4.79 Å². The molecule has 0 aliphatic heterocycles. The van der Waals surface area contributed by atoms with Crippen LogP contribution < -0.4 is 4.74 Å². The number of carboxylic acid groups (broad SMARTS) is 1. The molecule has 5 nitrogen and oxygen atoms in total. The van der Waals surface area contributed by atoms with Gasteiger partial charge < -0.3 is 14.7 Å². The molecule has 0 saturated heterocycles. The van der Waals surface area contributed by atoms with E-state index in [4.69, 9.17) is 9.84 Å². The Morgan fingerprint density at radius 3 is 2.67 bits per heavy atom. The normalized spacial score (nSPS) is 9.73. The van der Waals surface area contributed by atoms with Crippen molar-refractivity contribution < 1.29 is 19.4 Å². The van der Waals surface area contributed by atoms with Crippen molar-refractivity contribution in [2.75, 3.05) is 20.7 Å². The third kappa shape index (κ3) is 3.25. The van der Waals surface area contributed by atoms with Crippen molar-refractivity contribution in [2.24, 2.45) is 0 Å². The number of amides is 1. The van der Waals surface area contributed by atoms with Crippen LogP contribution in [0.15, 0.2) is 11.4 Å². The van der Waals surface area contributed by atoms with E-state index in [1.165, 1.54) is 11.0 Å². The van der Waals surface area contributed by atoms with Crippen LogP contribution in [0.2, 0.25) is 0 Å². The van der Waals surface area contributed by atoms with Gasteiger partial charge in [-0.3, -0.25) is 4.79 Å². The van der Waals surface area contributed by atoms with Crippen molar-refractivity contribution >= 4 is 23.2 Å². The maximum Gasteiger partial charge on any atom is 0.346 e. The van der Waals surface area contributed by atoms with Crippen molar-refractivity contribution in [3.05, 3.63) is 16.3 Å². The van der Waals surface area contributed by atoms with Crippen molar-refractivity contribution in [1.82, 2.24) is 4.90 Å². The first-order chi connectivity index (χ1) is 7.00. The van der Waals surface area contributed by atoms with Gasteiger partial charge in [-0.05, 0) is 0 Å². The van der Waals surface area contributed by atoms with Crippen LogP contribution in [0.3, 0.4) is 0 Å². The predicted octanol–water partition coefficient (Wildman–Crippen LogP) is 0.913. The minimum absolute atomic E-state index is 0.0806. The zero-order valence-corrected chi connectivity index (χ0v) is 9.21.